The summed E-state index contributed by atoms with van der Waals surface area (Å²) in [5.74, 6) is 0.391. The first-order valence-electron chi connectivity index (χ1n) is 6.32. The number of carbonyl (C=O) groups is 1. The van der Waals surface area contributed by atoms with E-state index in [1.165, 1.54) is 13.0 Å². The molecule has 0 aromatic carbocycles. The summed E-state index contributed by atoms with van der Waals surface area (Å²) in [6.45, 7) is 6.06. The molecule has 1 aliphatic rings. The SMILES string of the molecule is CCOC(=O)C(N)CN(C)CC1CCN(C)C1. The van der Waals surface area contributed by atoms with E-state index in [2.05, 4.69) is 16.8 Å². The molecule has 2 N–H and O–H groups in total. The minimum Gasteiger partial charge on any atom is -0.465 e. The Labute approximate surface area is 104 Å². The first kappa shape index (κ1) is 14.4. The molecule has 1 aliphatic heterocycles. The average molecular weight is 243 g/mol. The van der Waals surface area contributed by atoms with Crippen molar-refractivity contribution < 1.29 is 9.53 Å². The maximum atomic E-state index is 11.4. The van der Waals surface area contributed by atoms with Gasteiger partial charge in [-0.3, -0.25) is 4.79 Å². The minimum atomic E-state index is -0.529. The zero-order valence-corrected chi connectivity index (χ0v) is 11.2. The van der Waals surface area contributed by atoms with Crippen LogP contribution in [0.25, 0.3) is 0 Å². The molecule has 0 aromatic rings. The van der Waals surface area contributed by atoms with Crippen molar-refractivity contribution in [2.75, 3.05) is 46.9 Å². The van der Waals surface area contributed by atoms with Gasteiger partial charge >= 0.3 is 5.97 Å². The number of rotatable bonds is 6. The summed E-state index contributed by atoms with van der Waals surface area (Å²) in [4.78, 5) is 15.9. The zero-order valence-electron chi connectivity index (χ0n) is 11.2. The van der Waals surface area contributed by atoms with Crippen LogP contribution in [-0.2, 0) is 9.53 Å². The Hall–Kier alpha value is -0.650. The lowest BCUT2D eigenvalue weighted by molar-refractivity contribution is -0.145. The van der Waals surface area contributed by atoms with Gasteiger partial charge in [0.15, 0.2) is 0 Å². The molecule has 2 atom stereocenters. The number of likely N-dealkylation sites (tertiary alicyclic amines) is 1. The molecule has 100 valence electrons. The second kappa shape index (κ2) is 6.93. The Morgan fingerprint density at radius 1 is 1.65 bits per heavy atom. The molecule has 5 heteroatoms. The summed E-state index contributed by atoms with van der Waals surface area (Å²) < 4.78 is 4.89. The molecule has 0 bridgehead atoms. The van der Waals surface area contributed by atoms with E-state index >= 15 is 0 Å². The van der Waals surface area contributed by atoms with Gasteiger partial charge in [-0.15, -0.1) is 0 Å². The van der Waals surface area contributed by atoms with Crippen molar-refractivity contribution in [3.05, 3.63) is 0 Å². The third-order valence-electron chi connectivity index (χ3n) is 3.16. The van der Waals surface area contributed by atoms with Gasteiger partial charge in [-0.1, -0.05) is 0 Å². The lowest BCUT2D eigenvalue weighted by Crippen LogP contribution is -2.43. The Morgan fingerprint density at radius 3 is 2.88 bits per heavy atom. The second-order valence-corrected chi connectivity index (χ2v) is 5.00. The molecule has 0 amide bonds. The molecule has 0 aliphatic carbocycles. The molecular formula is C12H25N3O2. The topological polar surface area (TPSA) is 58.8 Å². The lowest BCUT2D eigenvalue weighted by Gasteiger charge is -2.23. The van der Waals surface area contributed by atoms with Crippen LogP contribution < -0.4 is 5.73 Å². The molecule has 1 saturated heterocycles. The van der Waals surface area contributed by atoms with Gasteiger partial charge in [0, 0.05) is 19.6 Å². The standard InChI is InChI=1S/C12H25N3O2/c1-4-17-12(16)11(13)9-15(3)8-10-5-6-14(2)7-10/h10-11H,4-9,13H2,1-3H3. The average Bonchev–Trinajstić information content (AvgIpc) is 2.64. The molecule has 17 heavy (non-hydrogen) atoms. The third kappa shape index (κ3) is 5.02. The molecule has 1 heterocycles. The Morgan fingerprint density at radius 2 is 2.35 bits per heavy atom. The fourth-order valence-corrected chi connectivity index (χ4v) is 2.35. The van der Waals surface area contributed by atoms with E-state index in [4.69, 9.17) is 10.5 Å². The van der Waals surface area contributed by atoms with Crippen LogP contribution in [0.2, 0.25) is 0 Å². The number of esters is 1. The highest BCUT2D eigenvalue weighted by Crippen LogP contribution is 2.15. The van der Waals surface area contributed by atoms with Gasteiger partial charge in [0.05, 0.1) is 6.61 Å². The van der Waals surface area contributed by atoms with E-state index in [1.54, 1.807) is 6.92 Å². The van der Waals surface area contributed by atoms with E-state index in [0.717, 1.165) is 13.1 Å². The number of likely N-dealkylation sites (N-methyl/N-ethyl adjacent to an activating group) is 1. The highest BCUT2D eigenvalue weighted by molar-refractivity contribution is 5.75. The van der Waals surface area contributed by atoms with Gasteiger partial charge in [0.2, 0.25) is 0 Å². The monoisotopic (exact) mass is 243 g/mol. The molecule has 0 saturated carbocycles. The second-order valence-electron chi connectivity index (χ2n) is 5.00. The molecule has 5 nitrogen and oxygen atoms in total. The Balaban J connectivity index is 2.24. The van der Waals surface area contributed by atoms with Crippen molar-refractivity contribution in [3.63, 3.8) is 0 Å². The van der Waals surface area contributed by atoms with Crippen LogP contribution in [-0.4, -0.2) is 68.7 Å². The normalized spacial score (nSPS) is 23.0. The molecule has 1 fully saturated rings. The summed E-state index contributed by atoms with van der Waals surface area (Å²) in [6, 6.07) is -0.529. The third-order valence-corrected chi connectivity index (χ3v) is 3.16. The van der Waals surface area contributed by atoms with Crippen LogP contribution in [0.15, 0.2) is 0 Å². The summed E-state index contributed by atoms with van der Waals surface area (Å²) in [6.07, 6.45) is 1.23. The zero-order chi connectivity index (χ0) is 12.8. The van der Waals surface area contributed by atoms with E-state index < -0.39 is 6.04 Å². The van der Waals surface area contributed by atoms with Crippen LogP contribution in [0.3, 0.4) is 0 Å². The maximum absolute atomic E-state index is 11.4. The highest BCUT2D eigenvalue weighted by atomic mass is 16.5. The van der Waals surface area contributed by atoms with Gasteiger partial charge in [-0.05, 0) is 39.9 Å². The number of hydrogen-bond acceptors (Lipinski definition) is 5. The first-order valence-corrected chi connectivity index (χ1v) is 6.32. The van der Waals surface area contributed by atoms with Gasteiger partial charge in [-0.2, -0.15) is 0 Å². The fraction of sp³-hybridized carbons (Fsp3) is 0.917. The number of ether oxygens (including phenoxy) is 1. The van der Waals surface area contributed by atoms with Crippen molar-refractivity contribution in [1.82, 2.24) is 9.80 Å². The lowest BCUT2D eigenvalue weighted by atomic mass is 10.1. The largest absolute Gasteiger partial charge is 0.465 e. The number of hydrogen-bond donors (Lipinski definition) is 1. The van der Waals surface area contributed by atoms with E-state index in [-0.39, 0.29) is 5.97 Å². The number of carbonyl (C=O) groups excluding carboxylic acids is 1. The van der Waals surface area contributed by atoms with Crippen molar-refractivity contribution in [1.29, 1.82) is 0 Å². The Kier molecular flexibility index (Phi) is 5.88. The van der Waals surface area contributed by atoms with Crippen LogP contribution in [0, 0.1) is 5.92 Å². The van der Waals surface area contributed by atoms with Crippen LogP contribution in [0.4, 0.5) is 0 Å². The van der Waals surface area contributed by atoms with Gasteiger partial charge in [0.1, 0.15) is 6.04 Å². The summed E-state index contributed by atoms with van der Waals surface area (Å²) in [5, 5.41) is 0. The van der Waals surface area contributed by atoms with E-state index in [1.807, 2.05) is 7.05 Å². The summed E-state index contributed by atoms with van der Waals surface area (Å²) in [7, 11) is 4.15. The maximum Gasteiger partial charge on any atom is 0.324 e. The van der Waals surface area contributed by atoms with E-state index in [0.29, 0.717) is 19.1 Å². The highest BCUT2D eigenvalue weighted by Gasteiger charge is 2.23. The van der Waals surface area contributed by atoms with Crippen molar-refractivity contribution in [3.8, 4) is 0 Å². The number of nitrogens with zero attached hydrogens (tertiary/aromatic N) is 2. The van der Waals surface area contributed by atoms with Gasteiger partial charge < -0.3 is 20.3 Å². The van der Waals surface area contributed by atoms with Gasteiger partial charge in [0.25, 0.3) is 0 Å². The summed E-state index contributed by atoms with van der Waals surface area (Å²) in [5.41, 5.74) is 5.78. The smallest absolute Gasteiger partial charge is 0.324 e. The predicted octanol–water partition coefficient (Wildman–Crippen LogP) is -0.240. The molecule has 0 radical (unpaired) electrons. The van der Waals surface area contributed by atoms with Gasteiger partial charge in [-0.25, -0.2) is 0 Å². The Bertz CT molecular complexity index is 248. The van der Waals surface area contributed by atoms with Crippen molar-refractivity contribution in [2.24, 2.45) is 11.7 Å². The molecular weight excluding hydrogens is 218 g/mol. The van der Waals surface area contributed by atoms with Crippen molar-refractivity contribution in [2.45, 2.75) is 19.4 Å². The van der Waals surface area contributed by atoms with E-state index in [9.17, 15) is 4.79 Å². The van der Waals surface area contributed by atoms with Crippen LogP contribution in [0.5, 0.6) is 0 Å². The fourth-order valence-electron chi connectivity index (χ4n) is 2.35. The minimum absolute atomic E-state index is 0.303. The summed E-state index contributed by atoms with van der Waals surface area (Å²) >= 11 is 0. The predicted molar refractivity (Wildman–Crippen MR) is 67.7 cm³/mol. The van der Waals surface area contributed by atoms with Crippen molar-refractivity contribution >= 4 is 5.97 Å². The molecule has 0 spiro atoms. The first-order chi connectivity index (χ1) is 8.02. The molecule has 0 aromatic heterocycles. The molecule has 2 unspecified atom stereocenters. The van der Waals surface area contributed by atoms with Crippen LogP contribution in [0.1, 0.15) is 13.3 Å². The quantitative estimate of drug-likeness (QED) is 0.653. The molecule has 1 rings (SSSR count). The van der Waals surface area contributed by atoms with Crippen LogP contribution >= 0.6 is 0 Å². The number of nitrogens with two attached hydrogens (primary N) is 1.